The van der Waals surface area contributed by atoms with Gasteiger partial charge in [0.25, 0.3) is 0 Å². The number of carboxylic acid groups (broad SMARTS) is 1. The molecule has 2 fully saturated rings. The monoisotopic (exact) mass is 419 g/mol. The molecule has 1 aliphatic heterocycles. The van der Waals surface area contributed by atoms with Crippen LogP contribution in [0.25, 0.3) is 10.9 Å². The third-order valence-electron chi connectivity index (χ3n) is 6.46. The number of benzene rings is 1. The van der Waals surface area contributed by atoms with Gasteiger partial charge in [0, 0.05) is 37.7 Å². The van der Waals surface area contributed by atoms with Gasteiger partial charge in [-0.3, -0.25) is 4.79 Å². The van der Waals surface area contributed by atoms with Gasteiger partial charge < -0.3 is 20.3 Å². The van der Waals surface area contributed by atoms with Crippen LogP contribution in [0.4, 0.5) is 18.9 Å². The van der Waals surface area contributed by atoms with Crippen LogP contribution in [0, 0.1) is 17.6 Å². The number of halogens is 3. The van der Waals surface area contributed by atoms with E-state index in [4.69, 9.17) is 5.73 Å². The van der Waals surface area contributed by atoms with Crippen molar-refractivity contribution in [3.8, 4) is 0 Å². The maximum Gasteiger partial charge on any atom is 0.341 e. The SMILES string of the molecule is NC1CCC=C2CN(c3c(F)cc4c(=O)c(C(=O)O)cn([C@@H]5C[C@@H]5F)c4c3F)CC21. The normalized spacial score (nSPS) is 27.9. The van der Waals surface area contributed by atoms with Gasteiger partial charge in [-0.05, 0) is 24.5 Å². The van der Waals surface area contributed by atoms with Gasteiger partial charge in [0.15, 0.2) is 5.82 Å². The third kappa shape index (κ3) is 2.75. The van der Waals surface area contributed by atoms with Crippen molar-refractivity contribution in [3.63, 3.8) is 0 Å². The maximum absolute atomic E-state index is 15.7. The van der Waals surface area contributed by atoms with Crippen LogP contribution in [0.3, 0.4) is 0 Å². The summed E-state index contributed by atoms with van der Waals surface area (Å²) >= 11 is 0. The molecule has 0 bridgehead atoms. The summed E-state index contributed by atoms with van der Waals surface area (Å²) < 4.78 is 45.7. The summed E-state index contributed by atoms with van der Waals surface area (Å²) in [4.78, 5) is 25.6. The Labute approximate surface area is 169 Å². The Hall–Kier alpha value is -2.81. The number of nitrogens with zero attached hydrogens (tertiary/aromatic N) is 2. The second-order valence-electron chi connectivity index (χ2n) is 8.33. The largest absolute Gasteiger partial charge is 0.477 e. The summed E-state index contributed by atoms with van der Waals surface area (Å²) in [7, 11) is 0. The standard InChI is InChI=1S/C21H20F3N3O3/c22-13-5-16(13)27-8-12(21(29)30)20(28)10-4-14(23)19(17(24)18(10)27)26-6-9-2-1-3-15(25)11(9)7-26/h2,4,8,11,13,15-16H,1,3,5-7,25H2,(H,29,30)/t11?,13-,15?,16+/m0/s1. The molecule has 158 valence electrons. The molecule has 5 rings (SSSR count). The van der Waals surface area contributed by atoms with Gasteiger partial charge in [0.2, 0.25) is 5.43 Å². The number of carbonyl (C=O) groups is 1. The fourth-order valence-corrected chi connectivity index (χ4v) is 4.79. The highest BCUT2D eigenvalue weighted by Crippen LogP contribution is 2.43. The Kier molecular flexibility index (Phi) is 4.22. The molecule has 3 aliphatic rings. The van der Waals surface area contributed by atoms with Crippen LogP contribution in [0.5, 0.6) is 0 Å². The van der Waals surface area contributed by atoms with Crippen LogP contribution < -0.4 is 16.1 Å². The van der Waals surface area contributed by atoms with Crippen LogP contribution in [0.15, 0.2) is 28.7 Å². The molecule has 1 saturated carbocycles. The first-order chi connectivity index (χ1) is 14.3. The summed E-state index contributed by atoms with van der Waals surface area (Å²) in [5, 5.41) is 8.90. The number of allylic oxidation sites excluding steroid dienone is 1. The van der Waals surface area contributed by atoms with Crippen molar-refractivity contribution in [3.05, 3.63) is 51.3 Å². The highest BCUT2D eigenvalue weighted by molar-refractivity contribution is 5.94. The fourth-order valence-electron chi connectivity index (χ4n) is 4.79. The summed E-state index contributed by atoms with van der Waals surface area (Å²) in [6.45, 7) is 0.670. The molecule has 0 amide bonds. The van der Waals surface area contributed by atoms with E-state index in [1.54, 1.807) is 4.90 Å². The number of rotatable bonds is 3. The van der Waals surface area contributed by atoms with Gasteiger partial charge in [-0.25, -0.2) is 18.0 Å². The van der Waals surface area contributed by atoms with E-state index in [-0.39, 0.29) is 29.6 Å². The molecule has 30 heavy (non-hydrogen) atoms. The van der Waals surface area contributed by atoms with Crippen LogP contribution in [0.1, 0.15) is 35.7 Å². The Bertz CT molecular complexity index is 1180. The molecule has 1 aromatic carbocycles. The lowest BCUT2D eigenvalue weighted by Gasteiger charge is -2.24. The molecule has 3 N–H and O–H groups in total. The summed E-state index contributed by atoms with van der Waals surface area (Å²) in [6, 6.07) is -0.00165. The molecule has 2 unspecified atom stereocenters. The smallest absolute Gasteiger partial charge is 0.341 e. The van der Waals surface area contributed by atoms with Crippen molar-refractivity contribution in [1.29, 1.82) is 0 Å². The summed E-state index contributed by atoms with van der Waals surface area (Å²) in [5.41, 5.74) is 5.03. The highest BCUT2D eigenvalue weighted by Gasteiger charge is 2.42. The van der Waals surface area contributed by atoms with Crippen molar-refractivity contribution in [1.82, 2.24) is 4.57 Å². The minimum Gasteiger partial charge on any atom is -0.477 e. The third-order valence-corrected chi connectivity index (χ3v) is 6.46. The average Bonchev–Trinajstić information content (AvgIpc) is 3.24. The van der Waals surface area contributed by atoms with Gasteiger partial charge in [0.1, 0.15) is 23.2 Å². The number of alkyl halides is 1. The maximum atomic E-state index is 15.7. The Morgan fingerprint density at radius 3 is 2.67 bits per heavy atom. The van der Waals surface area contributed by atoms with E-state index in [0.717, 1.165) is 35.2 Å². The van der Waals surface area contributed by atoms with Gasteiger partial charge in [-0.2, -0.15) is 0 Å². The second-order valence-corrected chi connectivity index (χ2v) is 8.33. The van der Waals surface area contributed by atoms with Crippen molar-refractivity contribution in [2.24, 2.45) is 11.7 Å². The number of pyridine rings is 1. The molecular formula is C21H20F3N3O3. The lowest BCUT2D eigenvalue weighted by molar-refractivity contribution is 0.0694. The van der Waals surface area contributed by atoms with Crippen LogP contribution in [0.2, 0.25) is 0 Å². The van der Waals surface area contributed by atoms with Crippen LogP contribution >= 0.6 is 0 Å². The first kappa shape index (κ1) is 19.2. The summed E-state index contributed by atoms with van der Waals surface area (Å²) in [5.74, 6) is -3.46. The van der Waals surface area contributed by atoms with Crippen LogP contribution in [-0.2, 0) is 0 Å². The fraction of sp³-hybridized carbons (Fsp3) is 0.429. The Morgan fingerprint density at radius 2 is 2.03 bits per heavy atom. The molecule has 1 aromatic heterocycles. The molecule has 4 atom stereocenters. The zero-order chi connectivity index (χ0) is 21.3. The minimum atomic E-state index is -1.53. The number of anilines is 1. The van der Waals surface area contributed by atoms with Crippen LogP contribution in [-0.4, -0.2) is 40.9 Å². The Balaban J connectivity index is 1.71. The van der Waals surface area contributed by atoms with E-state index in [9.17, 15) is 19.1 Å². The van der Waals surface area contributed by atoms with Gasteiger partial charge >= 0.3 is 5.97 Å². The van der Waals surface area contributed by atoms with E-state index in [1.807, 2.05) is 0 Å². The van der Waals surface area contributed by atoms with E-state index < -0.39 is 46.2 Å². The highest BCUT2D eigenvalue weighted by atomic mass is 19.1. The average molecular weight is 419 g/mol. The predicted octanol–water partition coefficient (Wildman–Crippen LogP) is 2.74. The zero-order valence-corrected chi connectivity index (χ0v) is 15.9. The molecule has 2 aromatic rings. The molecule has 1 saturated heterocycles. The molecule has 0 radical (unpaired) electrons. The van der Waals surface area contributed by atoms with Crippen molar-refractivity contribution in [2.75, 3.05) is 18.0 Å². The van der Waals surface area contributed by atoms with Crippen molar-refractivity contribution in [2.45, 2.75) is 37.5 Å². The Morgan fingerprint density at radius 1 is 1.30 bits per heavy atom. The number of carboxylic acids is 1. The second kappa shape index (κ2) is 6.60. The number of aromatic carboxylic acids is 1. The predicted molar refractivity (Wildman–Crippen MR) is 105 cm³/mol. The van der Waals surface area contributed by atoms with Crippen molar-refractivity contribution >= 4 is 22.6 Å². The first-order valence-electron chi connectivity index (χ1n) is 9.91. The minimum absolute atomic E-state index is 0.00322. The van der Waals surface area contributed by atoms with Crippen molar-refractivity contribution < 1.29 is 23.1 Å². The topological polar surface area (TPSA) is 88.6 Å². The number of nitrogens with two attached hydrogens (primary N) is 1. The van der Waals surface area contributed by atoms with Gasteiger partial charge in [0.05, 0.1) is 16.9 Å². The van der Waals surface area contributed by atoms with Gasteiger partial charge in [-0.1, -0.05) is 6.08 Å². The molecule has 2 heterocycles. The molecule has 6 nitrogen and oxygen atoms in total. The molecule has 0 spiro atoms. The summed E-state index contributed by atoms with van der Waals surface area (Å²) in [6.07, 6.45) is 3.45. The zero-order valence-electron chi connectivity index (χ0n) is 15.9. The lowest BCUT2D eigenvalue weighted by atomic mass is 9.86. The molecule has 2 aliphatic carbocycles. The van der Waals surface area contributed by atoms with E-state index in [1.165, 1.54) is 0 Å². The number of hydrogen-bond donors (Lipinski definition) is 2. The number of aromatic nitrogens is 1. The van der Waals surface area contributed by atoms with E-state index >= 15 is 8.78 Å². The molecular weight excluding hydrogens is 399 g/mol. The van der Waals surface area contributed by atoms with E-state index in [0.29, 0.717) is 13.1 Å². The van der Waals surface area contributed by atoms with E-state index in [2.05, 4.69) is 6.08 Å². The quantitative estimate of drug-likeness (QED) is 0.747. The first-order valence-corrected chi connectivity index (χ1v) is 9.91. The number of hydrogen-bond acceptors (Lipinski definition) is 4. The lowest BCUT2D eigenvalue weighted by Crippen LogP contribution is -2.34. The molecule has 9 heteroatoms. The number of fused-ring (bicyclic) bond motifs is 2. The van der Waals surface area contributed by atoms with Gasteiger partial charge in [-0.15, -0.1) is 0 Å².